The summed E-state index contributed by atoms with van der Waals surface area (Å²) in [4.78, 5) is 50.7. The number of rotatable bonds is 10. The van der Waals surface area contributed by atoms with Crippen molar-refractivity contribution in [1.82, 2.24) is 9.80 Å². The summed E-state index contributed by atoms with van der Waals surface area (Å²) in [5.74, 6) is -8.50. The minimum atomic E-state index is -5.56. The molecule has 0 bridgehead atoms. The largest absolute Gasteiger partial charge is 0.507 e. The minimum absolute atomic E-state index is 0.0444. The SMILES string of the molecule is COc1cc2c(c(F)c1OC)C(=N)N(CC(=O)c1cc(CN(C(C)=O)C(OC(=O)C(F)(F)F)C(=O)O)c(O)c(C(C)(C)C)c1)C2. The van der Waals surface area contributed by atoms with Crippen molar-refractivity contribution in [2.24, 2.45) is 0 Å². The Labute approximate surface area is 254 Å². The van der Waals surface area contributed by atoms with Gasteiger partial charge in [-0.3, -0.25) is 19.9 Å². The monoisotopic (exact) mass is 641 g/mol. The number of aromatic hydroxyl groups is 1. The number of ketones is 1. The van der Waals surface area contributed by atoms with Gasteiger partial charge in [-0.25, -0.2) is 14.0 Å². The topological polar surface area (TPSA) is 167 Å². The molecule has 2 aromatic rings. The number of aliphatic carboxylic acids is 1. The number of amidine groups is 1. The average molecular weight is 642 g/mol. The van der Waals surface area contributed by atoms with E-state index in [4.69, 9.17) is 14.9 Å². The number of phenols is 1. The molecule has 3 N–H and O–H groups in total. The van der Waals surface area contributed by atoms with Crippen molar-refractivity contribution < 1.29 is 61.2 Å². The van der Waals surface area contributed by atoms with Gasteiger partial charge in [0.1, 0.15) is 11.6 Å². The zero-order valence-corrected chi connectivity index (χ0v) is 25.1. The van der Waals surface area contributed by atoms with Crippen LogP contribution < -0.4 is 9.47 Å². The summed E-state index contributed by atoms with van der Waals surface area (Å²) in [5, 5.41) is 29.1. The highest BCUT2D eigenvalue weighted by atomic mass is 19.4. The number of carbonyl (C=O) groups is 4. The molecule has 0 saturated heterocycles. The van der Waals surface area contributed by atoms with E-state index >= 15 is 4.39 Å². The van der Waals surface area contributed by atoms with Gasteiger partial charge >= 0.3 is 18.1 Å². The first kappa shape index (κ1) is 34.6. The molecule has 1 amide bonds. The number of fused-ring (bicyclic) bond motifs is 1. The van der Waals surface area contributed by atoms with Crippen molar-refractivity contribution in [2.75, 3.05) is 20.8 Å². The Morgan fingerprint density at radius 1 is 1.09 bits per heavy atom. The molecule has 16 heteroatoms. The third-order valence-corrected chi connectivity index (χ3v) is 6.95. The van der Waals surface area contributed by atoms with Crippen LogP contribution in [0.4, 0.5) is 17.6 Å². The van der Waals surface area contributed by atoms with E-state index in [-0.39, 0.29) is 51.0 Å². The number of alkyl halides is 3. The van der Waals surface area contributed by atoms with Gasteiger partial charge in [0.15, 0.2) is 23.1 Å². The Bertz CT molecular complexity index is 1570. The van der Waals surface area contributed by atoms with Gasteiger partial charge in [-0.1, -0.05) is 20.8 Å². The van der Waals surface area contributed by atoms with Gasteiger partial charge in [0, 0.05) is 30.2 Å². The smallest absolute Gasteiger partial charge is 0.491 e. The quantitative estimate of drug-likeness (QED) is 0.151. The van der Waals surface area contributed by atoms with Crippen molar-refractivity contribution in [2.45, 2.75) is 58.6 Å². The Morgan fingerprint density at radius 2 is 1.71 bits per heavy atom. The predicted molar refractivity (Wildman–Crippen MR) is 148 cm³/mol. The van der Waals surface area contributed by atoms with Crippen molar-refractivity contribution >= 4 is 29.5 Å². The third kappa shape index (κ3) is 7.10. The maximum atomic E-state index is 15.2. The fourth-order valence-electron chi connectivity index (χ4n) is 4.73. The number of carboxylic acid groups (broad SMARTS) is 1. The number of halogens is 4. The molecule has 12 nitrogen and oxygen atoms in total. The highest BCUT2D eigenvalue weighted by Gasteiger charge is 2.45. The molecule has 0 fully saturated rings. The second-order valence-electron chi connectivity index (χ2n) is 11.1. The lowest BCUT2D eigenvalue weighted by molar-refractivity contribution is -0.216. The summed E-state index contributed by atoms with van der Waals surface area (Å²) in [5.41, 5.74) is -0.739. The van der Waals surface area contributed by atoms with Crippen molar-refractivity contribution in [3.05, 3.63) is 51.8 Å². The zero-order valence-electron chi connectivity index (χ0n) is 25.1. The molecule has 1 unspecified atom stereocenters. The highest BCUT2D eigenvalue weighted by molar-refractivity contribution is 6.06. The summed E-state index contributed by atoms with van der Waals surface area (Å²) in [7, 11) is 2.54. The maximum absolute atomic E-state index is 15.2. The van der Waals surface area contributed by atoms with Gasteiger partial charge < -0.3 is 29.3 Å². The van der Waals surface area contributed by atoms with E-state index in [1.165, 1.54) is 31.3 Å². The van der Waals surface area contributed by atoms with Crippen LogP contribution >= 0.6 is 0 Å². The van der Waals surface area contributed by atoms with Crippen LogP contribution in [-0.4, -0.2) is 82.6 Å². The number of carbonyl (C=O) groups excluding carboxylic acids is 3. The van der Waals surface area contributed by atoms with E-state index in [1.807, 2.05) is 0 Å². The lowest BCUT2D eigenvalue weighted by Gasteiger charge is -2.29. The van der Waals surface area contributed by atoms with Gasteiger partial charge in [-0.2, -0.15) is 13.2 Å². The molecule has 1 aliphatic rings. The van der Waals surface area contributed by atoms with Gasteiger partial charge in [-0.05, 0) is 29.2 Å². The molecule has 0 aromatic heterocycles. The van der Waals surface area contributed by atoms with Crippen LogP contribution in [-0.2, 0) is 37.6 Å². The van der Waals surface area contributed by atoms with Crippen LogP contribution in [0.2, 0.25) is 0 Å². The second kappa shape index (κ2) is 12.6. The highest BCUT2D eigenvalue weighted by Crippen LogP contribution is 2.39. The molecule has 0 spiro atoms. The molecule has 1 aliphatic heterocycles. The first-order chi connectivity index (χ1) is 20.7. The summed E-state index contributed by atoms with van der Waals surface area (Å²) in [6.07, 6.45) is -8.28. The Kier molecular flexibility index (Phi) is 9.70. The molecular weight excluding hydrogens is 610 g/mol. The molecule has 2 aromatic carbocycles. The standard InChI is InChI=1S/C29H31F4N3O9/c1-13(37)36(25(26(40)41)45-27(42)29(31,32)33)11-16-7-14(8-17(22(16)39)28(2,3)4)18(38)12-35-10-15-9-19(43-5)23(44-6)21(30)20(15)24(35)34/h7-9,25,34,39H,10-12H2,1-6H3,(H,40,41). The predicted octanol–water partition coefficient (Wildman–Crippen LogP) is 3.73. The molecular formula is C29H31F4N3O9. The summed E-state index contributed by atoms with van der Waals surface area (Å²) < 4.78 is 68.0. The van der Waals surface area contributed by atoms with Crippen LogP contribution in [0.3, 0.4) is 0 Å². The maximum Gasteiger partial charge on any atom is 0.491 e. The summed E-state index contributed by atoms with van der Waals surface area (Å²) >= 11 is 0. The lowest BCUT2D eigenvalue weighted by atomic mass is 9.83. The number of phenolic OH excluding ortho intramolecular Hbond substituents is 1. The molecule has 0 radical (unpaired) electrons. The van der Waals surface area contributed by atoms with Crippen LogP contribution in [0.15, 0.2) is 18.2 Å². The minimum Gasteiger partial charge on any atom is -0.507 e. The number of ether oxygens (including phenoxy) is 3. The van der Waals surface area contributed by atoms with E-state index in [2.05, 4.69) is 4.74 Å². The van der Waals surface area contributed by atoms with E-state index in [9.17, 15) is 42.6 Å². The van der Waals surface area contributed by atoms with Gasteiger partial charge in [0.25, 0.3) is 6.23 Å². The Balaban J connectivity index is 2.01. The molecule has 3 rings (SSSR count). The van der Waals surface area contributed by atoms with E-state index in [0.717, 1.165) is 13.0 Å². The first-order valence-corrected chi connectivity index (χ1v) is 13.2. The first-order valence-electron chi connectivity index (χ1n) is 13.2. The van der Waals surface area contributed by atoms with Crippen LogP contribution in [0, 0.1) is 11.2 Å². The number of hydrogen-bond acceptors (Lipinski definition) is 9. The van der Waals surface area contributed by atoms with Gasteiger partial charge in [-0.15, -0.1) is 0 Å². The van der Waals surface area contributed by atoms with Crippen LogP contribution in [0.5, 0.6) is 17.2 Å². The normalized spacial score (nSPS) is 13.6. The number of nitrogens with one attached hydrogen (secondary N) is 1. The number of methoxy groups -OCH3 is 2. The summed E-state index contributed by atoms with van der Waals surface area (Å²) in [6.45, 7) is 4.45. The van der Waals surface area contributed by atoms with Gasteiger partial charge in [0.2, 0.25) is 5.91 Å². The van der Waals surface area contributed by atoms with Crippen molar-refractivity contribution in [1.29, 1.82) is 5.41 Å². The molecule has 244 valence electrons. The second-order valence-corrected chi connectivity index (χ2v) is 11.1. The van der Waals surface area contributed by atoms with Crippen LogP contribution in [0.25, 0.3) is 0 Å². The number of amides is 1. The van der Waals surface area contributed by atoms with Crippen molar-refractivity contribution in [3.63, 3.8) is 0 Å². The molecule has 45 heavy (non-hydrogen) atoms. The average Bonchev–Trinajstić information content (AvgIpc) is 3.23. The fourth-order valence-corrected chi connectivity index (χ4v) is 4.73. The number of nitrogens with zero attached hydrogens (tertiary/aromatic N) is 2. The molecule has 0 aliphatic carbocycles. The zero-order chi connectivity index (χ0) is 34.2. The number of esters is 1. The number of Topliss-reactive ketones (excluding diaryl/α,β-unsaturated/α-hetero) is 1. The van der Waals surface area contributed by atoms with E-state index in [1.54, 1.807) is 20.8 Å². The molecule has 1 atom stereocenters. The number of benzene rings is 2. The van der Waals surface area contributed by atoms with E-state index in [0.29, 0.717) is 5.56 Å². The van der Waals surface area contributed by atoms with Gasteiger partial charge in [0.05, 0.1) is 32.9 Å². The van der Waals surface area contributed by atoms with Crippen LogP contribution in [0.1, 0.15) is 60.3 Å². The Hall–Kier alpha value is -4.89. The number of carboxylic acids is 1. The molecule has 0 saturated carbocycles. The molecule has 1 heterocycles. The summed E-state index contributed by atoms with van der Waals surface area (Å²) in [6, 6.07) is 3.93. The third-order valence-electron chi connectivity index (χ3n) is 6.95. The fraction of sp³-hybridized carbons (Fsp3) is 0.414. The van der Waals surface area contributed by atoms with Crippen molar-refractivity contribution in [3.8, 4) is 17.2 Å². The number of hydrogen-bond donors (Lipinski definition) is 3. The Morgan fingerprint density at radius 3 is 2.20 bits per heavy atom. The lowest BCUT2D eigenvalue weighted by Crippen LogP contribution is -2.48. The van der Waals surface area contributed by atoms with E-state index < -0.39 is 66.1 Å².